The first-order chi connectivity index (χ1) is 8.38. The quantitative estimate of drug-likeness (QED) is 0.899. The molecule has 2 rings (SSSR count). The van der Waals surface area contributed by atoms with Crippen LogP contribution < -0.4 is 5.56 Å². The lowest BCUT2D eigenvalue weighted by Gasteiger charge is -2.18. The second kappa shape index (κ2) is 4.53. The Balaban J connectivity index is 2.54. The van der Waals surface area contributed by atoms with E-state index < -0.39 is 5.60 Å². The van der Waals surface area contributed by atoms with Crippen molar-refractivity contribution in [1.82, 2.24) is 9.55 Å². The van der Waals surface area contributed by atoms with Crippen LogP contribution in [0.25, 0.3) is 11.0 Å². The summed E-state index contributed by atoms with van der Waals surface area (Å²) in [6.07, 6.45) is 0.528. The molecule has 0 saturated heterocycles. The maximum Gasteiger partial charge on any atom is 0.272 e. The highest BCUT2D eigenvalue weighted by atomic mass is 16.3. The fourth-order valence-electron chi connectivity index (χ4n) is 1.93. The highest BCUT2D eigenvalue weighted by molar-refractivity contribution is 5.74. The molecule has 1 aromatic carbocycles. The summed E-state index contributed by atoms with van der Waals surface area (Å²) in [7, 11) is 0. The van der Waals surface area contributed by atoms with Gasteiger partial charge in [-0.2, -0.15) is 0 Å². The molecule has 0 aliphatic carbocycles. The Morgan fingerprint density at radius 1 is 1.33 bits per heavy atom. The van der Waals surface area contributed by atoms with Gasteiger partial charge in [0.05, 0.1) is 16.6 Å². The lowest BCUT2D eigenvalue weighted by atomic mass is 10.1. The van der Waals surface area contributed by atoms with Crippen molar-refractivity contribution in [3.63, 3.8) is 0 Å². The predicted molar refractivity (Wildman–Crippen MR) is 71.7 cm³/mol. The van der Waals surface area contributed by atoms with Gasteiger partial charge in [0.2, 0.25) is 0 Å². The van der Waals surface area contributed by atoms with Crippen LogP contribution in [0.2, 0.25) is 0 Å². The van der Waals surface area contributed by atoms with Gasteiger partial charge in [-0.3, -0.25) is 4.79 Å². The minimum atomic E-state index is -0.780. The monoisotopic (exact) mass is 246 g/mol. The molecule has 1 heterocycles. The van der Waals surface area contributed by atoms with E-state index in [2.05, 4.69) is 4.98 Å². The van der Waals surface area contributed by atoms with Crippen molar-refractivity contribution in [2.75, 3.05) is 0 Å². The van der Waals surface area contributed by atoms with Gasteiger partial charge in [0, 0.05) is 6.54 Å². The molecule has 4 nitrogen and oxygen atoms in total. The number of hydrogen-bond donors (Lipinski definition) is 1. The molecule has 0 unspecified atom stereocenters. The highest BCUT2D eigenvalue weighted by Gasteiger charge is 2.14. The van der Waals surface area contributed by atoms with Gasteiger partial charge in [-0.05, 0) is 39.3 Å². The van der Waals surface area contributed by atoms with E-state index >= 15 is 0 Å². The van der Waals surface area contributed by atoms with Crippen molar-refractivity contribution >= 4 is 11.0 Å². The molecule has 0 bridgehead atoms. The van der Waals surface area contributed by atoms with Crippen LogP contribution in [-0.4, -0.2) is 20.3 Å². The molecule has 0 aliphatic rings. The number of nitrogens with zero attached hydrogens (tertiary/aromatic N) is 2. The van der Waals surface area contributed by atoms with E-state index in [9.17, 15) is 9.90 Å². The first-order valence-electron chi connectivity index (χ1n) is 6.07. The number of fused-ring (bicyclic) bond motifs is 1. The zero-order valence-electron chi connectivity index (χ0n) is 11.0. The van der Waals surface area contributed by atoms with Crippen molar-refractivity contribution in [3.05, 3.63) is 40.3 Å². The standard InChI is InChI=1S/C14H18N2O2/c1-10-13(17)16(9-8-14(2,3)18)12-7-5-4-6-11(12)15-10/h4-7,18H,8-9H2,1-3H3. The zero-order chi connectivity index (χ0) is 13.3. The molecule has 0 spiro atoms. The molecule has 1 N–H and O–H groups in total. The summed E-state index contributed by atoms with van der Waals surface area (Å²) in [5.41, 5.74) is 1.25. The average Bonchev–Trinajstić information content (AvgIpc) is 2.28. The van der Waals surface area contributed by atoms with E-state index in [1.54, 1.807) is 25.3 Å². The van der Waals surface area contributed by atoms with Gasteiger partial charge in [0.1, 0.15) is 5.69 Å². The number of aliphatic hydroxyl groups is 1. The van der Waals surface area contributed by atoms with E-state index in [4.69, 9.17) is 0 Å². The number of para-hydroxylation sites is 2. The van der Waals surface area contributed by atoms with Gasteiger partial charge in [-0.25, -0.2) is 4.98 Å². The molecule has 0 fully saturated rings. The summed E-state index contributed by atoms with van der Waals surface area (Å²) in [6, 6.07) is 7.56. The van der Waals surface area contributed by atoms with E-state index in [1.807, 2.05) is 24.3 Å². The first kappa shape index (κ1) is 12.8. The Morgan fingerprint density at radius 3 is 2.67 bits per heavy atom. The topological polar surface area (TPSA) is 55.1 Å². The van der Waals surface area contributed by atoms with Gasteiger partial charge in [0.15, 0.2) is 0 Å². The maximum absolute atomic E-state index is 12.1. The fourth-order valence-corrected chi connectivity index (χ4v) is 1.93. The minimum absolute atomic E-state index is 0.0852. The number of hydrogen-bond acceptors (Lipinski definition) is 3. The van der Waals surface area contributed by atoms with E-state index in [-0.39, 0.29) is 5.56 Å². The number of benzene rings is 1. The normalized spacial score (nSPS) is 12.0. The van der Waals surface area contributed by atoms with Crippen molar-refractivity contribution in [2.24, 2.45) is 0 Å². The first-order valence-corrected chi connectivity index (χ1v) is 6.07. The van der Waals surface area contributed by atoms with Crippen molar-refractivity contribution in [3.8, 4) is 0 Å². The third-order valence-electron chi connectivity index (χ3n) is 2.96. The molecule has 0 radical (unpaired) electrons. The van der Waals surface area contributed by atoms with Gasteiger partial charge < -0.3 is 9.67 Å². The fraction of sp³-hybridized carbons (Fsp3) is 0.429. The third kappa shape index (κ3) is 2.59. The van der Waals surface area contributed by atoms with Crippen LogP contribution in [-0.2, 0) is 6.54 Å². The summed E-state index contributed by atoms with van der Waals surface area (Å²) in [4.78, 5) is 16.4. The molecule has 1 aromatic heterocycles. The van der Waals surface area contributed by atoms with Crippen molar-refractivity contribution in [2.45, 2.75) is 39.3 Å². The lowest BCUT2D eigenvalue weighted by molar-refractivity contribution is 0.0663. The molecular formula is C14H18N2O2. The highest BCUT2D eigenvalue weighted by Crippen LogP contribution is 2.13. The van der Waals surface area contributed by atoms with E-state index in [0.29, 0.717) is 18.7 Å². The Labute approximate surface area is 106 Å². The molecule has 0 aliphatic heterocycles. The molecule has 0 amide bonds. The summed E-state index contributed by atoms with van der Waals surface area (Å²) < 4.78 is 1.69. The lowest BCUT2D eigenvalue weighted by Crippen LogP contribution is -2.28. The Bertz CT molecular complexity index is 624. The van der Waals surface area contributed by atoms with Gasteiger partial charge in [-0.1, -0.05) is 12.1 Å². The summed E-state index contributed by atoms with van der Waals surface area (Å²) >= 11 is 0. The van der Waals surface area contributed by atoms with Gasteiger partial charge in [-0.15, -0.1) is 0 Å². The largest absolute Gasteiger partial charge is 0.390 e. The second-order valence-corrected chi connectivity index (χ2v) is 5.21. The third-order valence-corrected chi connectivity index (χ3v) is 2.96. The van der Waals surface area contributed by atoms with Gasteiger partial charge >= 0.3 is 0 Å². The number of rotatable bonds is 3. The molecule has 0 saturated carbocycles. The summed E-state index contributed by atoms with van der Waals surface area (Å²) in [5, 5.41) is 9.78. The van der Waals surface area contributed by atoms with E-state index in [1.165, 1.54) is 0 Å². The average molecular weight is 246 g/mol. The molecule has 96 valence electrons. The molecule has 4 heteroatoms. The van der Waals surface area contributed by atoms with Crippen LogP contribution in [0.4, 0.5) is 0 Å². The van der Waals surface area contributed by atoms with Crippen LogP contribution in [0, 0.1) is 6.92 Å². The SMILES string of the molecule is Cc1nc2ccccc2n(CCC(C)(C)O)c1=O. The maximum atomic E-state index is 12.1. The smallest absolute Gasteiger partial charge is 0.272 e. The Hall–Kier alpha value is -1.68. The van der Waals surface area contributed by atoms with Crippen LogP contribution in [0.3, 0.4) is 0 Å². The van der Waals surface area contributed by atoms with E-state index in [0.717, 1.165) is 11.0 Å². The van der Waals surface area contributed by atoms with Crippen LogP contribution in [0.1, 0.15) is 26.0 Å². The molecule has 2 aromatic rings. The molecule has 0 atom stereocenters. The summed E-state index contributed by atoms with van der Waals surface area (Å²) in [5.74, 6) is 0. The summed E-state index contributed by atoms with van der Waals surface area (Å²) in [6.45, 7) is 5.70. The molecule has 18 heavy (non-hydrogen) atoms. The molecular weight excluding hydrogens is 228 g/mol. The zero-order valence-corrected chi connectivity index (χ0v) is 11.0. The second-order valence-electron chi connectivity index (χ2n) is 5.21. The van der Waals surface area contributed by atoms with Crippen LogP contribution in [0.15, 0.2) is 29.1 Å². The number of aryl methyl sites for hydroxylation is 2. The van der Waals surface area contributed by atoms with Crippen molar-refractivity contribution < 1.29 is 5.11 Å². The van der Waals surface area contributed by atoms with Crippen molar-refractivity contribution in [1.29, 1.82) is 0 Å². The number of aromatic nitrogens is 2. The van der Waals surface area contributed by atoms with Gasteiger partial charge in [0.25, 0.3) is 5.56 Å². The minimum Gasteiger partial charge on any atom is -0.390 e. The van der Waals surface area contributed by atoms with Crippen LogP contribution in [0.5, 0.6) is 0 Å². The van der Waals surface area contributed by atoms with Crippen LogP contribution >= 0.6 is 0 Å². The predicted octanol–water partition coefficient (Wildman–Crippen LogP) is 1.87. The Kier molecular flexibility index (Phi) is 3.22. The Morgan fingerprint density at radius 2 is 2.00 bits per heavy atom.